The number of carbonyl (C=O) groups excluding carboxylic acids is 4. The molecule has 2 saturated heterocycles. The molecule has 4 amide bonds. The number of methoxy groups -OCH3 is 1. The number of carbonyl (C=O) groups is 4. The Bertz CT molecular complexity index is 999. The van der Waals surface area contributed by atoms with Gasteiger partial charge in [0.2, 0.25) is 23.6 Å². The van der Waals surface area contributed by atoms with Crippen molar-refractivity contribution in [3.63, 3.8) is 0 Å². The maximum Gasteiger partial charge on any atom is 0.231 e. The Kier molecular flexibility index (Phi) is 3.81. The van der Waals surface area contributed by atoms with E-state index in [1.165, 1.54) is 13.2 Å². The second-order valence-electron chi connectivity index (χ2n) is 8.16. The molecule has 2 aliphatic carbocycles. The summed E-state index contributed by atoms with van der Waals surface area (Å²) in [5, 5.41) is 15.5. The molecule has 2 heterocycles. The zero-order chi connectivity index (χ0) is 20.4. The van der Waals surface area contributed by atoms with Gasteiger partial charge >= 0.3 is 0 Å². The molecule has 0 spiro atoms. The smallest absolute Gasteiger partial charge is 0.231 e. The van der Waals surface area contributed by atoms with Crippen molar-refractivity contribution in [1.29, 1.82) is 0 Å². The Labute approximate surface area is 166 Å². The first-order chi connectivity index (χ1) is 13.9. The van der Waals surface area contributed by atoms with Crippen LogP contribution in [0.15, 0.2) is 29.8 Å². The molecule has 8 heteroatoms. The number of fused-ring (bicyclic) bond motifs is 4. The van der Waals surface area contributed by atoms with Crippen molar-refractivity contribution in [2.75, 3.05) is 7.11 Å². The number of amides is 4. The molecule has 8 nitrogen and oxygen atoms in total. The average molecular weight is 396 g/mol. The van der Waals surface area contributed by atoms with Crippen LogP contribution in [0.5, 0.6) is 11.5 Å². The molecule has 2 aliphatic heterocycles. The summed E-state index contributed by atoms with van der Waals surface area (Å²) in [6.07, 6.45) is 2.66. The van der Waals surface area contributed by atoms with Crippen LogP contribution in [0.1, 0.15) is 24.3 Å². The minimum Gasteiger partial charge on any atom is -0.508 e. The van der Waals surface area contributed by atoms with Gasteiger partial charge in [-0.25, -0.2) is 0 Å². The van der Waals surface area contributed by atoms with E-state index in [-0.39, 0.29) is 35.3 Å². The number of ether oxygens (including phenoxy) is 1. The highest BCUT2D eigenvalue weighted by Gasteiger charge is 2.59. The van der Waals surface area contributed by atoms with E-state index in [4.69, 9.17) is 4.74 Å². The number of rotatable bonds is 2. The Morgan fingerprint density at radius 3 is 2.31 bits per heavy atom. The van der Waals surface area contributed by atoms with Crippen molar-refractivity contribution in [1.82, 2.24) is 10.6 Å². The summed E-state index contributed by atoms with van der Waals surface area (Å²) in [7, 11) is 1.49. The molecule has 6 atom stereocenters. The molecule has 0 bridgehead atoms. The number of nitrogens with one attached hydrogen (secondary N) is 2. The fourth-order valence-electron chi connectivity index (χ4n) is 5.67. The molecule has 1 aromatic carbocycles. The number of phenolic OH excluding ortho intramolecular Hbond substituents is 1. The third-order valence-electron chi connectivity index (χ3n) is 6.91. The Morgan fingerprint density at radius 1 is 0.931 bits per heavy atom. The molecule has 1 saturated carbocycles. The number of imide groups is 2. The lowest BCUT2D eigenvalue weighted by Crippen LogP contribution is -2.42. The quantitative estimate of drug-likeness (QED) is 0.497. The van der Waals surface area contributed by atoms with Gasteiger partial charge < -0.3 is 9.84 Å². The van der Waals surface area contributed by atoms with E-state index in [0.29, 0.717) is 24.2 Å². The molecule has 29 heavy (non-hydrogen) atoms. The molecule has 3 N–H and O–H groups in total. The summed E-state index contributed by atoms with van der Waals surface area (Å²) in [4.78, 5) is 49.8. The number of hydrogen-bond donors (Lipinski definition) is 3. The van der Waals surface area contributed by atoms with Gasteiger partial charge in [0.05, 0.1) is 30.8 Å². The van der Waals surface area contributed by atoms with Crippen LogP contribution in [-0.2, 0) is 19.2 Å². The first-order valence-electron chi connectivity index (χ1n) is 9.67. The van der Waals surface area contributed by atoms with E-state index < -0.39 is 29.6 Å². The summed E-state index contributed by atoms with van der Waals surface area (Å²) in [5.41, 5.74) is 1.37. The van der Waals surface area contributed by atoms with Crippen molar-refractivity contribution in [3.05, 3.63) is 35.4 Å². The molecule has 1 aromatic rings. The van der Waals surface area contributed by atoms with Crippen LogP contribution < -0.4 is 15.4 Å². The SMILES string of the molecule is COc1ccc([C@H]2C3=CC[C@@H]4C(=O)NC(=O)[C@@H]4[C@@H]3C[C@H]3C(=O)NC(=O)[C@@H]23)c(O)c1. The van der Waals surface area contributed by atoms with Crippen molar-refractivity contribution in [2.45, 2.75) is 18.8 Å². The van der Waals surface area contributed by atoms with Crippen LogP contribution >= 0.6 is 0 Å². The molecule has 0 aromatic heterocycles. The van der Waals surface area contributed by atoms with Crippen LogP contribution in [-0.4, -0.2) is 35.8 Å². The summed E-state index contributed by atoms with van der Waals surface area (Å²) in [5.74, 6) is -4.00. The predicted octanol–water partition coefficient (Wildman–Crippen LogP) is 0.612. The summed E-state index contributed by atoms with van der Waals surface area (Å²) in [6.45, 7) is 0. The zero-order valence-corrected chi connectivity index (χ0v) is 15.7. The third kappa shape index (κ3) is 2.44. The highest BCUT2D eigenvalue weighted by Crippen LogP contribution is 2.57. The maximum absolute atomic E-state index is 12.7. The standard InChI is InChI=1S/C21H20N2O6/c1-29-8-2-3-10(14(24)6-8)15-9-4-5-11-16(20(27)22-18(11)25)12(9)7-13-17(15)21(28)23-19(13)26/h2-4,6,11-13,15-17,24H,5,7H2,1H3,(H,22,25,27)(H,23,26,28)/t11-,12+,13+,15+,16-,17+/m0/s1. The van der Waals surface area contributed by atoms with Gasteiger partial charge in [-0.1, -0.05) is 17.7 Å². The topological polar surface area (TPSA) is 122 Å². The third-order valence-corrected chi connectivity index (χ3v) is 6.91. The van der Waals surface area contributed by atoms with E-state index in [2.05, 4.69) is 10.6 Å². The van der Waals surface area contributed by atoms with Crippen molar-refractivity contribution < 1.29 is 29.0 Å². The lowest BCUT2D eigenvalue weighted by molar-refractivity contribution is -0.128. The molecule has 3 fully saturated rings. The van der Waals surface area contributed by atoms with Gasteiger partial charge in [0.1, 0.15) is 11.5 Å². The van der Waals surface area contributed by atoms with Crippen LogP contribution in [0.25, 0.3) is 0 Å². The van der Waals surface area contributed by atoms with Crippen molar-refractivity contribution in [3.8, 4) is 11.5 Å². The first kappa shape index (κ1) is 17.9. The minimum atomic E-state index is -0.652. The van der Waals surface area contributed by atoms with E-state index in [1.54, 1.807) is 12.1 Å². The highest BCUT2D eigenvalue weighted by atomic mass is 16.5. The lowest BCUT2D eigenvalue weighted by atomic mass is 9.57. The monoisotopic (exact) mass is 396 g/mol. The van der Waals surface area contributed by atoms with Gasteiger partial charge in [0.15, 0.2) is 0 Å². The normalized spacial score (nSPS) is 35.3. The lowest BCUT2D eigenvalue weighted by Gasteiger charge is -2.44. The van der Waals surface area contributed by atoms with Gasteiger partial charge in [0, 0.05) is 17.5 Å². The Hall–Kier alpha value is -3.16. The fourth-order valence-corrected chi connectivity index (χ4v) is 5.67. The number of hydrogen-bond acceptors (Lipinski definition) is 6. The van der Waals surface area contributed by atoms with Gasteiger partial charge in [-0.15, -0.1) is 0 Å². The van der Waals surface area contributed by atoms with E-state index >= 15 is 0 Å². The summed E-state index contributed by atoms with van der Waals surface area (Å²) >= 11 is 0. The van der Waals surface area contributed by atoms with Crippen LogP contribution in [0.3, 0.4) is 0 Å². The summed E-state index contributed by atoms with van der Waals surface area (Å²) in [6, 6.07) is 4.86. The zero-order valence-electron chi connectivity index (χ0n) is 15.7. The van der Waals surface area contributed by atoms with Crippen molar-refractivity contribution >= 4 is 23.6 Å². The van der Waals surface area contributed by atoms with Gasteiger partial charge in [-0.2, -0.15) is 0 Å². The number of allylic oxidation sites excluding steroid dienone is 2. The average Bonchev–Trinajstić information content (AvgIpc) is 3.15. The number of aromatic hydroxyl groups is 1. The maximum atomic E-state index is 12.7. The van der Waals surface area contributed by atoms with Crippen LogP contribution in [0.4, 0.5) is 0 Å². The highest BCUT2D eigenvalue weighted by molar-refractivity contribution is 6.07. The molecule has 4 aliphatic rings. The largest absolute Gasteiger partial charge is 0.508 e. The van der Waals surface area contributed by atoms with E-state index in [1.807, 2.05) is 6.08 Å². The summed E-state index contributed by atoms with van der Waals surface area (Å²) < 4.78 is 5.15. The van der Waals surface area contributed by atoms with Crippen LogP contribution in [0, 0.1) is 29.6 Å². The Morgan fingerprint density at radius 2 is 1.62 bits per heavy atom. The molecule has 0 radical (unpaired) electrons. The number of phenols is 1. The molecular formula is C21H20N2O6. The van der Waals surface area contributed by atoms with Crippen molar-refractivity contribution in [2.24, 2.45) is 29.6 Å². The molecular weight excluding hydrogens is 376 g/mol. The Balaban J connectivity index is 1.66. The van der Waals surface area contributed by atoms with Gasteiger partial charge in [0.25, 0.3) is 0 Å². The second kappa shape index (κ2) is 6.17. The van der Waals surface area contributed by atoms with Crippen LogP contribution in [0.2, 0.25) is 0 Å². The molecule has 0 unspecified atom stereocenters. The number of benzene rings is 1. The predicted molar refractivity (Wildman–Crippen MR) is 98.5 cm³/mol. The minimum absolute atomic E-state index is 0.0316. The van der Waals surface area contributed by atoms with E-state index in [0.717, 1.165) is 5.57 Å². The van der Waals surface area contributed by atoms with Gasteiger partial charge in [-0.05, 0) is 24.8 Å². The second-order valence-corrected chi connectivity index (χ2v) is 8.16. The first-order valence-corrected chi connectivity index (χ1v) is 9.67. The van der Waals surface area contributed by atoms with E-state index in [9.17, 15) is 24.3 Å². The molecule has 5 rings (SSSR count). The van der Waals surface area contributed by atoms with Gasteiger partial charge in [-0.3, -0.25) is 29.8 Å². The molecule has 150 valence electrons. The fraction of sp³-hybridized carbons (Fsp3) is 0.429.